The van der Waals surface area contributed by atoms with Gasteiger partial charge in [-0.3, -0.25) is 9.59 Å². The molecule has 24 heavy (non-hydrogen) atoms. The lowest BCUT2D eigenvalue weighted by molar-refractivity contribution is -0.151. The molecule has 126 valence electrons. The lowest BCUT2D eigenvalue weighted by atomic mass is 9.81. The predicted octanol–water partition coefficient (Wildman–Crippen LogP) is 3.03. The molecule has 0 bridgehead atoms. The normalized spacial score (nSPS) is 16.4. The van der Waals surface area contributed by atoms with E-state index in [4.69, 9.17) is 4.42 Å². The van der Waals surface area contributed by atoms with Crippen molar-refractivity contribution in [2.75, 3.05) is 0 Å². The number of aliphatic carboxylic acids is 1. The van der Waals surface area contributed by atoms with Crippen LogP contribution in [0.2, 0.25) is 0 Å². The Labute approximate surface area is 140 Å². The number of hydrogen-bond donors (Lipinski definition) is 2. The lowest BCUT2D eigenvalue weighted by Gasteiger charge is -2.24. The smallest absolute Gasteiger partial charge is 0.310 e. The second-order valence-electron chi connectivity index (χ2n) is 6.62. The summed E-state index contributed by atoms with van der Waals surface area (Å²) >= 11 is 0. The van der Waals surface area contributed by atoms with Crippen LogP contribution in [0.5, 0.6) is 0 Å². The number of carbonyl (C=O) groups is 2. The van der Waals surface area contributed by atoms with Crippen LogP contribution in [0, 0.1) is 12.3 Å². The Kier molecular flexibility index (Phi) is 4.18. The molecule has 2 N–H and O–H groups in total. The van der Waals surface area contributed by atoms with Crippen LogP contribution in [0.3, 0.4) is 0 Å². The first kappa shape index (κ1) is 16.3. The summed E-state index contributed by atoms with van der Waals surface area (Å²) < 4.78 is 5.51. The second kappa shape index (κ2) is 6.15. The minimum Gasteiger partial charge on any atom is -0.481 e. The molecule has 1 amide bonds. The van der Waals surface area contributed by atoms with E-state index >= 15 is 0 Å². The number of furan rings is 1. The van der Waals surface area contributed by atoms with Crippen LogP contribution >= 0.6 is 0 Å². The Bertz CT molecular complexity index is 752. The second-order valence-corrected chi connectivity index (χ2v) is 6.62. The third kappa shape index (κ3) is 3.07. The van der Waals surface area contributed by atoms with Crippen LogP contribution < -0.4 is 5.32 Å². The Balaban J connectivity index is 1.71. The first-order valence-electron chi connectivity index (χ1n) is 8.05. The molecular formula is C19H21NO4. The fraction of sp³-hybridized carbons (Fsp3) is 0.368. The fourth-order valence-electron chi connectivity index (χ4n) is 3.40. The zero-order valence-corrected chi connectivity index (χ0v) is 13.8. The number of nitrogens with one attached hydrogen (secondary N) is 1. The van der Waals surface area contributed by atoms with Crippen molar-refractivity contribution in [2.45, 2.75) is 39.2 Å². The molecule has 3 rings (SSSR count). The molecular weight excluding hydrogens is 306 g/mol. The van der Waals surface area contributed by atoms with Crippen molar-refractivity contribution in [3.05, 3.63) is 59.0 Å². The molecule has 5 heteroatoms. The van der Waals surface area contributed by atoms with Crippen molar-refractivity contribution < 1.29 is 19.1 Å². The topological polar surface area (TPSA) is 79.5 Å². The maximum atomic E-state index is 12.4. The minimum absolute atomic E-state index is 0.0406. The van der Waals surface area contributed by atoms with E-state index in [0.29, 0.717) is 18.6 Å². The van der Waals surface area contributed by atoms with Crippen LogP contribution in [0.25, 0.3) is 0 Å². The average Bonchev–Trinajstić information content (AvgIpc) is 3.10. The summed E-state index contributed by atoms with van der Waals surface area (Å²) in [4.78, 5) is 24.3. The van der Waals surface area contributed by atoms with Crippen LogP contribution in [0.1, 0.15) is 42.0 Å². The van der Waals surface area contributed by atoms with Gasteiger partial charge in [0.15, 0.2) is 0 Å². The molecule has 1 aromatic carbocycles. The van der Waals surface area contributed by atoms with E-state index in [1.54, 1.807) is 0 Å². The molecule has 0 unspecified atom stereocenters. The van der Waals surface area contributed by atoms with Gasteiger partial charge in [0.25, 0.3) is 0 Å². The van der Waals surface area contributed by atoms with Crippen molar-refractivity contribution in [1.29, 1.82) is 0 Å². The number of rotatable bonds is 5. The maximum Gasteiger partial charge on any atom is 0.310 e. The molecule has 0 spiro atoms. The van der Waals surface area contributed by atoms with Gasteiger partial charge in [0.2, 0.25) is 5.91 Å². The van der Waals surface area contributed by atoms with E-state index < -0.39 is 11.4 Å². The number of amides is 1. The summed E-state index contributed by atoms with van der Waals surface area (Å²) in [5, 5.41) is 12.6. The van der Waals surface area contributed by atoms with Crippen LogP contribution in [-0.2, 0) is 22.4 Å². The summed E-state index contributed by atoms with van der Waals surface area (Å²) in [6.07, 6.45) is 0.737. The van der Waals surface area contributed by atoms with Crippen molar-refractivity contribution in [3.8, 4) is 0 Å². The van der Waals surface area contributed by atoms with Gasteiger partial charge in [-0.25, -0.2) is 0 Å². The fourth-order valence-corrected chi connectivity index (χ4v) is 3.40. The van der Waals surface area contributed by atoms with Gasteiger partial charge < -0.3 is 14.8 Å². The molecule has 0 saturated heterocycles. The molecule has 1 aliphatic carbocycles. The summed E-state index contributed by atoms with van der Waals surface area (Å²) in [6, 6.07) is 11.0. The van der Waals surface area contributed by atoms with Crippen molar-refractivity contribution >= 4 is 11.9 Å². The number of hydrogen-bond acceptors (Lipinski definition) is 3. The zero-order valence-electron chi connectivity index (χ0n) is 13.8. The Morgan fingerprint density at radius 2 is 1.83 bits per heavy atom. The van der Waals surface area contributed by atoms with Crippen molar-refractivity contribution in [1.82, 2.24) is 5.32 Å². The predicted molar refractivity (Wildman–Crippen MR) is 88.5 cm³/mol. The number of fused-ring (bicyclic) bond motifs is 1. The number of benzene rings is 1. The Morgan fingerprint density at radius 3 is 2.33 bits per heavy atom. The number of carbonyl (C=O) groups excluding carboxylic acids is 1. The van der Waals surface area contributed by atoms with Gasteiger partial charge in [-0.2, -0.15) is 0 Å². The molecule has 1 atom stereocenters. The van der Waals surface area contributed by atoms with Gasteiger partial charge in [0.1, 0.15) is 11.5 Å². The van der Waals surface area contributed by atoms with E-state index in [1.165, 1.54) is 0 Å². The highest BCUT2D eigenvalue weighted by atomic mass is 16.4. The summed E-state index contributed by atoms with van der Waals surface area (Å²) in [6.45, 7) is 3.67. The van der Waals surface area contributed by atoms with E-state index in [2.05, 4.69) is 5.32 Å². The van der Waals surface area contributed by atoms with Crippen molar-refractivity contribution in [2.24, 2.45) is 5.41 Å². The van der Waals surface area contributed by atoms with Gasteiger partial charge in [0.05, 0.1) is 11.5 Å². The van der Waals surface area contributed by atoms with E-state index in [-0.39, 0.29) is 18.4 Å². The molecule has 5 nitrogen and oxygen atoms in total. The van der Waals surface area contributed by atoms with Gasteiger partial charge in [0, 0.05) is 6.42 Å². The quantitative estimate of drug-likeness (QED) is 0.884. The molecule has 0 saturated carbocycles. The van der Waals surface area contributed by atoms with Gasteiger partial charge in [-0.1, -0.05) is 24.3 Å². The average molecular weight is 327 g/mol. The summed E-state index contributed by atoms with van der Waals surface area (Å²) in [7, 11) is 0. The number of aryl methyl sites for hydroxylation is 1. The van der Waals surface area contributed by atoms with Crippen LogP contribution in [0.4, 0.5) is 0 Å². The largest absolute Gasteiger partial charge is 0.481 e. The minimum atomic E-state index is -1.06. The first-order valence-corrected chi connectivity index (χ1v) is 8.05. The van der Waals surface area contributed by atoms with E-state index in [9.17, 15) is 14.7 Å². The number of carboxylic acids is 1. The molecule has 1 heterocycles. The van der Waals surface area contributed by atoms with Gasteiger partial charge >= 0.3 is 5.97 Å². The first-order chi connectivity index (χ1) is 11.4. The standard InChI is InChI=1S/C19H21NO4/c1-12-7-8-16(24-12)13(2)20-17(21)11-19(18(22)23)9-14-5-3-4-6-15(14)10-19/h3-8,13H,9-11H2,1-2H3,(H,20,21)(H,22,23)/t13-/m1/s1. The van der Waals surface area contributed by atoms with Crippen LogP contribution in [-0.4, -0.2) is 17.0 Å². The summed E-state index contributed by atoms with van der Waals surface area (Å²) in [5.74, 6) is 0.251. The Hall–Kier alpha value is -2.56. The Morgan fingerprint density at radius 1 is 1.21 bits per heavy atom. The maximum absolute atomic E-state index is 12.4. The van der Waals surface area contributed by atoms with Gasteiger partial charge in [-0.15, -0.1) is 0 Å². The molecule has 0 radical (unpaired) electrons. The molecule has 1 aliphatic rings. The molecule has 0 aliphatic heterocycles. The highest BCUT2D eigenvalue weighted by Gasteiger charge is 2.45. The highest BCUT2D eigenvalue weighted by Crippen LogP contribution is 2.40. The zero-order chi connectivity index (χ0) is 17.3. The monoisotopic (exact) mass is 327 g/mol. The number of carboxylic acid groups (broad SMARTS) is 1. The highest BCUT2D eigenvalue weighted by molar-refractivity contribution is 5.86. The van der Waals surface area contributed by atoms with Gasteiger partial charge in [-0.05, 0) is 49.9 Å². The third-order valence-electron chi connectivity index (χ3n) is 4.69. The molecule has 0 fully saturated rings. The van der Waals surface area contributed by atoms with Crippen LogP contribution in [0.15, 0.2) is 40.8 Å². The SMILES string of the molecule is Cc1ccc([C@@H](C)NC(=O)CC2(C(=O)O)Cc3ccccc3C2)o1. The lowest BCUT2D eigenvalue weighted by Crippen LogP contribution is -2.39. The summed E-state index contributed by atoms with van der Waals surface area (Å²) in [5.41, 5.74) is 0.969. The van der Waals surface area contributed by atoms with Crippen molar-refractivity contribution in [3.63, 3.8) is 0 Å². The molecule has 1 aromatic heterocycles. The third-order valence-corrected chi connectivity index (χ3v) is 4.69. The molecule has 2 aromatic rings. The van der Waals surface area contributed by atoms with E-state index in [1.807, 2.05) is 50.2 Å². The van der Waals surface area contributed by atoms with E-state index in [0.717, 1.165) is 16.9 Å².